The molecule has 10 atom stereocenters. The van der Waals surface area contributed by atoms with E-state index in [1.54, 1.807) is 0 Å². The van der Waals surface area contributed by atoms with Crippen molar-refractivity contribution >= 4 is 11.9 Å². The fourth-order valence-corrected chi connectivity index (χ4v) is 12.1. The molecule has 4 aliphatic carbocycles. The minimum atomic E-state index is -0.0567. The Morgan fingerprint density at radius 1 is 0.911 bits per heavy atom. The van der Waals surface area contributed by atoms with Crippen LogP contribution in [0, 0.1) is 34.5 Å². The number of carbonyl (C=O) groups is 2. The molecular weight excluding hydrogens is 564 g/mol. The molecule has 0 spiro atoms. The molecule has 0 radical (unpaired) electrons. The van der Waals surface area contributed by atoms with Gasteiger partial charge in [0.1, 0.15) is 12.1 Å². The normalized spacial score (nSPS) is 43.2. The molecule has 4 saturated carbocycles. The third-order valence-electron chi connectivity index (χ3n) is 14.4. The van der Waals surface area contributed by atoms with Crippen LogP contribution in [0.5, 0.6) is 0 Å². The minimum Gasteiger partial charge on any atom is -0.461 e. The highest BCUT2D eigenvalue weighted by Crippen LogP contribution is 2.67. The SMILES string of the molecule is C=CC[N+]1([C@H]2CC3C4CC[C@H]5C[C@H](OC(=O)CC)[C@@H](N6CCOCC6)C[C@]5(C)C4CC[C@]3(C)[C@H]2OC(=O)CC)CCCCCC1. The fraction of sp³-hybridized carbons (Fsp3) is 0.895. The number of nitrogens with zero attached hydrogens (tertiary/aromatic N) is 2. The first-order valence-electron chi connectivity index (χ1n) is 18.9. The summed E-state index contributed by atoms with van der Waals surface area (Å²) in [5.41, 5.74) is 0.252. The number of carbonyl (C=O) groups excluding carboxylic acids is 2. The van der Waals surface area contributed by atoms with E-state index in [1.165, 1.54) is 64.5 Å². The van der Waals surface area contributed by atoms with E-state index in [0.717, 1.165) is 56.6 Å². The lowest BCUT2D eigenvalue weighted by Crippen LogP contribution is -2.62. The van der Waals surface area contributed by atoms with Crippen molar-refractivity contribution in [1.29, 1.82) is 0 Å². The molecule has 3 unspecified atom stereocenters. The highest BCUT2D eigenvalue weighted by molar-refractivity contribution is 5.69. The van der Waals surface area contributed by atoms with Gasteiger partial charge in [-0.05, 0) is 99.4 Å². The van der Waals surface area contributed by atoms with Gasteiger partial charge in [0.15, 0.2) is 6.10 Å². The summed E-state index contributed by atoms with van der Waals surface area (Å²) in [6.45, 7) is 20.0. The number of hydrogen-bond acceptors (Lipinski definition) is 6. The lowest BCUT2D eigenvalue weighted by molar-refractivity contribution is -0.948. The van der Waals surface area contributed by atoms with Crippen molar-refractivity contribution in [2.45, 2.75) is 135 Å². The second-order valence-corrected chi connectivity index (χ2v) is 16.4. The number of ether oxygens (including phenoxy) is 3. The molecule has 7 nitrogen and oxygen atoms in total. The molecule has 6 fully saturated rings. The highest BCUT2D eigenvalue weighted by Gasteiger charge is 2.67. The van der Waals surface area contributed by atoms with E-state index >= 15 is 0 Å². The van der Waals surface area contributed by atoms with Crippen LogP contribution < -0.4 is 0 Å². The zero-order valence-electron chi connectivity index (χ0n) is 29.0. The Morgan fingerprint density at radius 2 is 1.60 bits per heavy atom. The monoisotopic (exact) mass is 627 g/mol. The predicted molar refractivity (Wildman–Crippen MR) is 176 cm³/mol. The summed E-state index contributed by atoms with van der Waals surface area (Å²) in [5, 5.41) is 0. The van der Waals surface area contributed by atoms with Crippen LogP contribution in [-0.4, -0.2) is 91.6 Å². The van der Waals surface area contributed by atoms with Crippen molar-refractivity contribution in [2.24, 2.45) is 34.5 Å². The van der Waals surface area contributed by atoms with Crippen LogP contribution in [0.1, 0.15) is 111 Å². The van der Waals surface area contributed by atoms with Crippen molar-refractivity contribution in [2.75, 3.05) is 45.9 Å². The van der Waals surface area contributed by atoms with Gasteiger partial charge in [0, 0.05) is 43.8 Å². The van der Waals surface area contributed by atoms with Crippen LogP contribution in [-0.2, 0) is 23.8 Å². The Labute approximate surface area is 273 Å². The average Bonchev–Trinajstić information content (AvgIpc) is 3.17. The number of esters is 2. The molecule has 0 bridgehead atoms. The largest absolute Gasteiger partial charge is 0.461 e. The van der Waals surface area contributed by atoms with Crippen LogP contribution in [0.25, 0.3) is 0 Å². The third kappa shape index (κ3) is 6.05. The molecular formula is C38H63N2O5+. The Morgan fingerprint density at radius 3 is 2.27 bits per heavy atom. The highest BCUT2D eigenvalue weighted by atomic mass is 16.6. The van der Waals surface area contributed by atoms with Gasteiger partial charge in [-0.25, -0.2) is 0 Å². The van der Waals surface area contributed by atoms with Crippen LogP contribution in [0.3, 0.4) is 0 Å². The van der Waals surface area contributed by atoms with Crippen molar-refractivity contribution in [3.05, 3.63) is 12.7 Å². The quantitative estimate of drug-likeness (QED) is 0.173. The average molecular weight is 628 g/mol. The van der Waals surface area contributed by atoms with Crippen molar-refractivity contribution < 1.29 is 28.3 Å². The van der Waals surface area contributed by atoms with Gasteiger partial charge in [-0.3, -0.25) is 14.5 Å². The Balaban J connectivity index is 1.31. The number of fused-ring (bicyclic) bond motifs is 5. The summed E-state index contributed by atoms with van der Waals surface area (Å²) >= 11 is 0. The molecule has 0 amide bonds. The topological polar surface area (TPSA) is 65.1 Å². The first kappa shape index (κ1) is 33.5. The lowest BCUT2D eigenvalue weighted by atomic mass is 9.44. The molecule has 45 heavy (non-hydrogen) atoms. The van der Waals surface area contributed by atoms with Crippen molar-refractivity contribution in [1.82, 2.24) is 4.90 Å². The van der Waals surface area contributed by atoms with Gasteiger partial charge in [-0.15, -0.1) is 0 Å². The Bertz CT molecular complexity index is 1070. The second-order valence-electron chi connectivity index (χ2n) is 16.4. The van der Waals surface area contributed by atoms with E-state index in [1.807, 2.05) is 13.8 Å². The maximum Gasteiger partial charge on any atom is 0.306 e. The zero-order chi connectivity index (χ0) is 31.8. The molecule has 2 heterocycles. The molecule has 2 aliphatic heterocycles. The van der Waals surface area contributed by atoms with Gasteiger partial charge >= 0.3 is 11.9 Å². The molecule has 7 heteroatoms. The molecule has 6 aliphatic rings. The van der Waals surface area contributed by atoms with E-state index in [4.69, 9.17) is 14.2 Å². The molecule has 0 aromatic carbocycles. The van der Waals surface area contributed by atoms with Crippen LogP contribution in [0.4, 0.5) is 0 Å². The fourth-order valence-electron chi connectivity index (χ4n) is 12.1. The number of rotatable bonds is 8. The van der Waals surface area contributed by atoms with Crippen molar-refractivity contribution in [3.8, 4) is 0 Å². The molecule has 0 N–H and O–H groups in total. The number of likely N-dealkylation sites (tertiary alicyclic amines) is 1. The number of quaternary nitrogens is 1. The van der Waals surface area contributed by atoms with E-state index in [2.05, 4.69) is 31.4 Å². The Kier molecular flexibility index (Phi) is 10.1. The smallest absolute Gasteiger partial charge is 0.306 e. The van der Waals surface area contributed by atoms with Gasteiger partial charge in [-0.2, -0.15) is 0 Å². The van der Waals surface area contributed by atoms with Gasteiger partial charge in [0.2, 0.25) is 0 Å². The summed E-state index contributed by atoms with van der Waals surface area (Å²) in [7, 11) is 0. The lowest BCUT2D eigenvalue weighted by Gasteiger charge is -2.62. The summed E-state index contributed by atoms with van der Waals surface area (Å²) in [6, 6.07) is 0.631. The van der Waals surface area contributed by atoms with E-state index in [0.29, 0.717) is 42.6 Å². The molecule has 2 saturated heterocycles. The van der Waals surface area contributed by atoms with Gasteiger partial charge in [-0.1, -0.05) is 34.3 Å². The molecule has 254 valence electrons. The standard InChI is InChI=1S/C38H63N2O5/c1-6-19-40(20-11-9-10-12-21-40)32-25-30-28-14-13-27-24-33(44-34(41)7-2)31(39-17-22-43-23-18-39)26-38(27,5)29(28)15-16-37(30,4)36(32)45-35(42)8-3/h6,27-33,36H,1,7-26H2,2-5H3/q+1/t27-,28?,29?,30?,31-,32-,33-,36-,37-,38-/m0/s1. The first-order chi connectivity index (χ1) is 21.7. The van der Waals surface area contributed by atoms with E-state index < -0.39 is 0 Å². The Hall–Kier alpha value is -1.44. The maximum atomic E-state index is 13.1. The summed E-state index contributed by atoms with van der Waals surface area (Å²) in [6.07, 6.45) is 16.3. The third-order valence-corrected chi connectivity index (χ3v) is 14.4. The zero-order valence-corrected chi connectivity index (χ0v) is 29.0. The molecule has 6 rings (SSSR count). The van der Waals surface area contributed by atoms with E-state index in [9.17, 15) is 9.59 Å². The van der Waals surface area contributed by atoms with Gasteiger partial charge < -0.3 is 18.7 Å². The number of morpholine rings is 1. The molecule has 0 aromatic heterocycles. The van der Waals surface area contributed by atoms with Crippen LogP contribution in [0.15, 0.2) is 12.7 Å². The maximum absolute atomic E-state index is 13.1. The van der Waals surface area contributed by atoms with Gasteiger partial charge in [0.05, 0.1) is 32.8 Å². The van der Waals surface area contributed by atoms with Gasteiger partial charge in [0.25, 0.3) is 0 Å². The van der Waals surface area contributed by atoms with Crippen molar-refractivity contribution in [3.63, 3.8) is 0 Å². The van der Waals surface area contributed by atoms with Crippen LogP contribution in [0.2, 0.25) is 0 Å². The first-order valence-corrected chi connectivity index (χ1v) is 18.9. The predicted octanol–water partition coefficient (Wildman–Crippen LogP) is 6.54. The van der Waals surface area contributed by atoms with Crippen LogP contribution >= 0.6 is 0 Å². The minimum absolute atomic E-state index is 0.00947. The summed E-state index contributed by atoms with van der Waals surface area (Å²) in [4.78, 5) is 28.3. The summed E-state index contributed by atoms with van der Waals surface area (Å²) in [5.74, 6) is 2.41. The second kappa shape index (κ2) is 13.6. The molecule has 0 aromatic rings. The van der Waals surface area contributed by atoms with E-state index in [-0.39, 0.29) is 41.0 Å². The summed E-state index contributed by atoms with van der Waals surface area (Å²) < 4.78 is 19.7. The number of hydrogen-bond donors (Lipinski definition) is 0.